The van der Waals surface area contributed by atoms with Crippen molar-refractivity contribution in [3.8, 4) is 0 Å². The van der Waals surface area contributed by atoms with Crippen LogP contribution in [0.3, 0.4) is 0 Å². The van der Waals surface area contributed by atoms with Crippen molar-refractivity contribution in [2.24, 2.45) is 5.73 Å². The number of hydrogen-bond acceptors (Lipinski definition) is 1. The lowest BCUT2D eigenvalue weighted by molar-refractivity contribution is -0.118. The molecule has 0 heterocycles. The molecule has 0 saturated heterocycles. The number of carbonyl (C=O) groups is 1. The molecule has 2 rings (SSSR count). The molecule has 16 heavy (non-hydrogen) atoms. The van der Waals surface area contributed by atoms with Crippen LogP contribution in [0.1, 0.15) is 29.9 Å². The molecule has 1 amide bonds. The minimum atomic E-state index is -0.320. The molecule has 1 atom stereocenters. The van der Waals surface area contributed by atoms with Crippen molar-refractivity contribution >= 4 is 5.91 Å². The van der Waals surface area contributed by atoms with Crippen LogP contribution in [-0.4, -0.2) is 5.91 Å². The van der Waals surface area contributed by atoms with Gasteiger partial charge in [0, 0.05) is 12.3 Å². The van der Waals surface area contributed by atoms with Gasteiger partial charge in [0.05, 0.1) is 0 Å². The van der Waals surface area contributed by atoms with Gasteiger partial charge in [-0.15, -0.1) is 0 Å². The number of aryl methyl sites for hydroxylation is 1. The highest BCUT2D eigenvalue weighted by atomic mass is 19.1. The zero-order valence-corrected chi connectivity index (χ0v) is 9.16. The molecule has 1 aromatic carbocycles. The van der Waals surface area contributed by atoms with Crippen LogP contribution in [0.4, 0.5) is 4.39 Å². The highest BCUT2D eigenvalue weighted by Crippen LogP contribution is 2.38. The maximum atomic E-state index is 13.1. The molecular formula is C13H14FNO. The lowest BCUT2D eigenvalue weighted by Gasteiger charge is -2.13. The number of rotatable bonds is 4. The summed E-state index contributed by atoms with van der Waals surface area (Å²) in [5, 5.41) is 0. The average Bonchev–Trinajstić information content (AvgIpc) is 3.02. The van der Waals surface area contributed by atoms with Crippen molar-refractivity contribution in [2.45, 2.75) is 25.7 Å². The summed E-state index contributed by atoms with van der Waals surface area (Å²) in [7, 11) is 0. The van der Waals surface area contributed by atoms with E-state index in [0.717, 1.165) is 12.0 Å². The van der Waals surface area contributed by atoms with Gasteiger partial charge in [-0.2, -0.15) is 0 Å². The number of hydrogen-bond donors (Lipinski definition) is 1. The van der Waals surface area contributed by atoms with Crippen LogP contribution in [0.5, 0.6) is 0 Å². The second-order valence-corrected chi connectivity index (χ2v) is 4.21. The first-order valence-electron chi connectivity index (χ1n) is 5.31. The summed E-state index contributed by atoms with van der Waals surface area (Å²) in [5.41, 5.74) is 8.03. The standard InChI is InChI=1S/C13H14FNO/c1-8-6-10(4-5-12(8)14)11(7-13(15)16)9-2-3-9/h2,4-6,11H,3,7H2,1H3,(H2,15,16)/t11-/m0/s1. The van der Waals surface area contributed by atoms with Crippen LogP contribution >= 0.6 is 0 Å². The highest BCUT2D eigenvalue weighted by molar-refractivity contribution is 5.75. The van der Waals surface area contributed by atoms with Crippen molar-refractivity contribution in [1.29, 1.82) is 0 Å². The van der Waals surface area contributed by atoms with Gasteiger partial charge in [0.15, 0.2) is 0 Å². The number of nitrogens with two attached hydrogens (primary N) is 1. The van der Waals surface area contributed by atoms with Crippen LogP contribution in [0, 0.1) is 12.7 Å². The summed E-state index contributed by atoms with van der Waals surface area (Å²) in [5.74, 6) is -0.497. The predicted molar refractivity (Wildman–Crippen MR) is 60.4 cm³/mol. The minimum absolute atomic E-state index is 0.0387. The van der Waals surface area contributed by atoms with E-state index in [0.29, 0.717) is 12.0 Å². The molecule has 0 aromatic heterocycles. The Morgan fingerprint density at radius 3 is 2.75 bits per heavy atom. The first-order chi connectivity index (χ1) is 7.58. The van der Waals surface area contributed by atoms with E-state index in [1.165, 1.54) is 11.6 Å². The van der Waals surface area contributed by atoms with Crippen molar-refractivity contribution in [2.75, 3.05) is 0 Å². The molecule has 1 aliphatic carbocycles. The molecule has 0 fully saturated rings. The fourth-order valence-corrected chi connectivity index (χ4v) is 1.89. The summed E-state index contributed by atoms with van der Waals surface area (Å²) >= 11 is 0. The Morgan fingerprint density at radius 1 is 1.56 bits per heavy atom. The number of benzene rings is 1. The van der Waals surface area contributed by atoms with E-state index < -0.39 is 0 Å². The third kappa shape index (κ3) is 2.30. The van der Waals surface area contributed by atoms with Gasteiger partial charge >= 0.3 is 0 Å². The van der Waals surface area contributed by atoms with Gasteiger partial charge in [0.2, 0.25) is 5.91 Å². The largest absolute Gasteiger partial charge is 0.370 e. The Labute approximate surface area is 94.0 Å². The van der Waals surface area contributed by atoms with Gasteiger partial charge in [-0.25, -0.2) is 4.39 Å². The van der Waals surface area contributed by atoms with Crippen LogP contribution in [-0.2, 0) is 4.79 Å². The molecule has 0 saturated carbocycles. The molecular weight excluding hydrogens is 205 g/mol. The first-order valence-corrected chi connectivity index (χ1v) is 5.31. The Morgan fingerprint density at radius 2 is 2.25 bits per heavy atom. The molecule has 0 bridgehead atoms. The number of halogens is 1. The van der Waals surface area contributed by atoms with Gasteiger partial charge in [-0.1, -0.05) is 23.8 Å². The smallest absolute Gasteiger partial charge is 0.218 e. The van der Waals surface area contributed by atoms with E-state index >= 15 is 0 Å². The van der Waals surface area contributed by atoms with Crippen LogP contribution in [0.2, 0.25) is 0 Å². The molecule has 1 aliphatic rings. The molecule has 0 spiro atoms. The summed E-state index contributed by atoms with van der Waals surface area (Å²) in [4.78, 5) is 11.0. The predicted octanol–water partition coefficient (Wildman–Crippen LogP) is 2.42. The van der Waals surface area contributed by atoms with E-state index in [9.17, 15) is 9.18 Å². The zero-order chi connectivity index (χ0) is 11.7. The maximum Gasteiger partial charge on any atom is 0.218 e. The number of amides is 1. The molecule has 0 radical (unpaired) electrons. The highest BCUT2D eigenvalue weighted by Gasteiger charge is 2.24. The second kappa shape index (κ2) is 4.08. The Hall–Kier alpha value is -1.64. The average molecular weight is 219 g/mol. The van der Waals surface area contributed by atoms with E-state index in [-0.39, 0.29) is 17.6 Å². The lowest BCUT2D eigenvalue weighted by atomic mass is 9.91. The van der Waals surface area contributed by atoms with Gasteiger partial charge in [0.25, 0.3) is 0 Å². The number of carbonyl (C=O) groups excluding carboxylic acids is 1. The molecule has 1 aromatic rings. The lowest BCUT2D eigenvalue weighted by Crippen LogP contribution is -2.15. The second-order valence-electron chi connectivity index (χ2n) is 4.21. The number of allylic oxidation sites excluding steroid dienone is 2. The fraction of sp³-hybridized carbons (Fsp3) is 0.308. The van der Waals surface area contributed by atoms with E-state index in [2.05, 4.69) is 6.08 Å². The molecule has 2 N–H and O–H groups in total. The third-order valence-corrected chi connectivity index (χ3v) is 2.88. The monoisotopic (exact) mass is 219 g/mol. The fourth-order valence-electron chi connectivity index (χ4n) is 1.89. The van der Waals surface area contributed by atoms with Crippen LogP contribution < -0.4 is 5.73 Å². The van der Waals surface area contributed by atoms with Gasteiger partial charge in [-0.05, 0) is 30.5 Å². The summed E-state index contributed by atoms with van der Waals surface area (Å²) in [6.07, 6.45) is 3.32. The molecule has 2 nitrogen and oxygen atoms in total. The summed E-state index contributed by atoms with van der Waals surface area (Å²) in [6, 6.07) is 4.97. The third-order valence-electron chi connectivity index (χ3n) is 2.88. The van der Waals surface area contributed by atoms with Gasteiger partial charge < -0.3 is 5.73 Å². The molecule has 3 heteroatoms. The van der Waals surface area contributed by atoms with Gasteiger partial charge in [0.1, 0.15) is 5.82 Å². The molecule has 0 aliphatic heterocycles. The van der Waals surface area contributed by atoms with E-state index in [4.69, 9.17) is 5.73 Å². The Kier molecular flexibility index (Phi) is 2.77. The Balaban J connectivity index is 2.28. The summed E-state index contributed by atoms with van der Waals surface area (Å²) in [6.45, 7) is 1.72. The van der Waals surface area contributed by atoms with Crippen molar-refractivity contribution in [3.63, 3.8) is 0 Å². The Bertz CT molecular complexity index is 465. The van der Waals surface area contributed by atoms with Crippen molar-refractivity contribution in [3.05, 3.63) is 46.8 Å². The topological polar surface area (TPSA) is 43.1 Å². The van der Waals surface area contributed by atoms with Crippen molar-refractivity contribution in [1.82, 2.24) is 0 Å². The summed E-state index contributed by atoms with van der Waals surface area (Å²) < 4.78 is 13.1. The van der Waals surface area contributed by atoms with Crippen molar-refractivity contribution < 1.29 is 9.18 Å². The van der Waals surface area contributed by atoms with E-state index in [1.54, 1.807) is 19.1 Å². The van der Waals surface area contributed by atoms with Gasteiger partial charge in [-0.3, -0.25) is 4.79 Å². The van der Waals surface area contributed by atoms with Crippen LogP contribution in [0.15, 0.2) is 29.8 Å². The number of primary amides is 1. The molecule has 84 valence electrons. The zero-order valence-electron chi connectivity index (χ0n) is 9.16. The van der Waals surface area contributed by atoms with E-state index in [1.807, 2.05) is 0 Å². The normalized spacial score (nSPS) is 15.5. The quantitative estimate of drug-likeness (QED) is 0.776. The van der Waals surface area contributed by atoms with Crippen LogP contribution in [0.25, 0.3) is 0 Å². The maximum absolute atomic E-state index is 13.1. The SMILES string of the molecule is Cc1cc([C@@H](CC(N)=O)C2=CC2)ccc1F. The minimum Gasteiger partial charge on any atom is -0.370 e. The molecule has 0 unspecified atom stereocenters. The first kappa shape index (κ1) is 10.9.